The van der Waals surface area contributed by atoms with Crippen molar-refractivity contribution < 1.29 is 4.79 Å². The van der Waals surface area contributed by atoms with Crippen molar-refractivity contribution in [2.24, 2.45) is 5.92 Å². The third-order valence-corrected chi connectivity index (χ3v) is 4.73. The van der Waals surface area contributed by atoms with Crippen LogP contribution in [-0.4, -0.2) is 29.0 Å². The molecule has 2 aromatic rings. The van der Waals surface area contributed by atoms with Crippen LogP contribution in [0.4, 0.5) is 11.6 Å². The van der Waals surface area contributed by atoms with Crippen molar-refractivity contribution in [3.63, 3.8) is 0 Å². The summed E-state index contributed by atoms with van der Waals surface area (Å²) < 4.78 is 0. The number of nitrogens with zero attached hydrogens (tertiary/aromatic N) is 3. The van der Waals surface area contributed by atoms with Crippen molar-refractivity contribution in [1.82, 2.24) is 9.97 Å². The van der Waals surface area contributed by atoms with Crippen molar-refractivity contribution >= 4 is 17.5 Å². The van der Waals surface area contributed by atoms with E-state index < -0.39 is 0 Å². The minimum absolute atomic E-state index is 0.138. The predicted molar refractivity (Wildman–Crippen MR) is 96.5 cm³/mol. The highest BCUT2D eigenvalue weighted by Gasteiger charge is 2.18. The molecule has 5 heteroatoms. The van der Waals surface area contributed by atoms with Gasteiger partial charge in [0.05, 0.1) is 18.1 Å². The minimum Gasteiger partial charge on any atom is -0.341 e. The van der Waals surface area contributed by atoms with Crippen LogP contribution in [-0.2, 0) is 0 Å². The SMILES string of the molecule is Cc1ccc(C(=O)Nc2cnc(N3CCC(C)CC3)nc2)cc1C. The zero-order chi connectivity index (χ0) is 17.1. The second-order valence-corrected chi connectivity index (χ2v) is 6.69. The van der Waals surface area contributed by atoms with Crippen LogP contribution in [0.1, 0.15) is 41.3 Å². The molecule has 0 atom stereocenters. The van der Waals surface area contributed by atoms with Crippen LogP contribution >= 0.6 is 0 Å². The van der Waals surface area contributed by atoms with Crippen LogP contribution in [0.3, 0.4) is 0 Å². The molecule has 3 rings (SSSR count). The van der Waals surface area contributed by atoms with Gasteiger partial charge in [-0.1, -0.05) is 13.0 Å². The maximum Gasteiger partial charge on any atom is 0.255 e. The Morgan fingerprint density at radius 3 is 2.42 bits per heavy atom. The van der Waals surface area contributed by atoms with Crippen LogP contribution in [0.25, 0.3) is 0 Å². The number of anilines is 2. The molecule has 1 aromatic carbocycles. The van der Waals surface area contributed by atoms with Gasteiger partial charge in [-0.15, -0.1) is 0 Å². The van der Waals surface area contributed by atoms with E-state index in [0.29, 0.717) is 11.3 Å². The van der Waals surface area contributed by atoms with E-state index in [9.17, 15) is 4.79 Å². The van der Waals surface area contributed by atoms with Gasteiger partial charge in [-0.2, -0.15) is 0 Å². The van der Waals surface area contributed by atoms with E-state index >= 15 is 0 Å². The number of aromatic nitrogens is 2. The predicted octanol–water partition coefficient (Wildman–Crippen LogP) is 3.58. The lowest BCUT2D eigenvalue weighted by Crippen LogP contribution is -2.34. The summed E-state index contributed by atoms with van der Waals surface area (Å²) in [7, 11) is 0. The van der Waals surface area contributed by atoms with Crippen LogP contribution in [0, 0.1) is 19.8 Å². The van der Waals surface area contributed by atoms with E-state index in [2.05, 4.69) is 27.1 Å². The van der Waals surface area contributed by atoms with Crippen molar-refractivity contribution in [2.45, 2.75) is 33.6 Å². The molecule has 0 aliphatic carbocycles. The zero-order valence-corrected chi connectivity index (χ0v) is 14.5. The van der Waals surface area contributed by atoms with E-state index in [1.54, 1.807) is 12.4 Å². The molecular weight excluding hydrogens is 300 g/mol. The quantitative estimate of drug-likeness (QED) is 0.937. The minimum atomic E-state index is -0.138. The lowest BCUT2D eigenvalue weighted by atomic mass is 10.00. The largest absolute Gasteiger partial charge is 0.341 e. The number of amides is 1. The van der Waals surface area contributed by atoms with Crippen LogP contribution in [0.2, 0.25) is 0 Å². The van der Waals surface area contributed by atoms with Crippen LogP contribution < -0.4 is 10.2 Å². The summed E-state index contributed by atoms with van der Waals surface area (Å²) in [5.74, 6) is 1.38. The molecule has 0 bridgehead atoms. The lowest BCUT2D eigenvalue weighted by Gasteiger charge is -2.30. The number of aryl methyl sites for hydroxylation is 2. The van der Waals surface area contributed by atoms with Gasteiger partial charge in [-0.25, -0.2) is 9.97 Å². The molecule has 1 amide bonds. The Morgan fingerprint density at radius 1 is 1.12 bits per heavy atom. The summed E-state index contributed by atoms with van der Waals surface area (Å²) in [6.45, 7) is 8.31. The number of nitrogens with one attached hydrogen (secondary N) is 1. The highest BCUT2D eigenvalue weighted by molar-refractivity contribution is 6.04. The fourth-order valence-electron chi connectivity index (χ4n) is 2.84. The molecule has 1 aliphatic heterocycles. The Bertz CT molecular complexity index is 719. The molecule has 24 heavy (non-hydrogen) atoms. The molecule has 5 nitrogen and oxygen atoms in total. The maximum atomic E-state index is 12.3. The van der Waals surface area contributed by atoms with Gasteiger partial charge in [0.2, 0.25) is 5.95 Å². The fourth-order valence-corrected chi connectivity index (χ4v) is 2.84. The summed E-state index contributed by atoms with van der Waals surface area (Å²) in [5.41, 5.74) is 3.54. The van der Waals surface area contributed by atoms with Crippen molar-refractivity contribution in [1.29, 1.82) is 0 Å². The maximum absolute atomic E-state index is 12.3. The van der Waals surface area contributed by atoms with Gasteiger partial charge < -0.3 is 10.2 Å². The summed E-state index contributed by atoms with van der Waals surface area (Å²) in [5, 5.41) is 2.86. The van der Waals surface area contributed by atoms with Crippen molar-refractivity contribution in [3.8, 4) is 0 Å². The first-order chi connectivity index (χ1) is 11.5. The van der Waals surface area contributed by atoms with E-state index in [0.717, 1.165) is 30.5 Å². The standard InChI is InChI=1S/C19H24N4O/c1-13-6-8-23(9-7-13)19-20-11-17(12-21-19)22-18(24)16-5-4-14(2)15(3)10-16/h4-5,10-13H,6-9H2,1-3H3,(H,22,24). The van der Waals surface area contributed by atoms with Gasteiger partial charge in [0.15, 0.2) is 0 Å². The van der Waals surface area contributed by atoms with Gasteiger partial charge in [-0.3, -0.25) is 4.79 Å². The van der Waals surface area contributed by atoms with Crippen molar-refractivity contribution in [2.75, 3.05) is 23.3 Å². The lowest BCUT2D eigenvalue weighted by molar-refractivity contribution is 0.102. The molecular formula is C19H24N4O. The molecule has 1 N–H and O–H groups in total. The summed E-state index contributed by atoms with van der Waals surface area (Å²) >= 11 is 0. The molecule has 1 aromatic heterocycles. The monoisotopic (exact) mass is 324 g/mol. The third-order valence-electron chi connectivity index (χ3n) is 4.73. The van der Waals surface area contributed by atoms with Crippen molar-refractivity contribution in [3.05, 3.63) is 47.3 Å². The molecule has 0 radical (unpaired) electrons. The van der Waals surface area contributed by atoms with E-state index in [1.165, 1.54) is 18.4 Å². The summed E-state index contributed by atoms with van der Waals surface area (Å²) in [6, 6.07) is 5.69. The van der Waals surface area contributed by atoms with Gasteiger partial charge in [0, 0.05) is 18.7 Å². The number of benzene rings is 1. The average Bonchev–Trinajstić information content (AvgIpc) is 2.59. The Kier molecular flexibility index (Phi) is 4.79. The first-order valence-corrected chi connectivity index (χ1v) is 8.48. The summed E-state index contributed by atoms with van der Waals surface area (Å²) in [4.78, 5) is 23.3. The topological polar surface area (TPSA) is 58.1 Å². The Morgan fingerprint density at radius 2 is 1.79 bits per heavy atom. The third kappa shape index (κ3) is 3.72. The second-order valence-electron chi connectivity index (χ2n) is 6.69. The smallest absolute Gasteiger partial charge is 0.255 e. The van der Waals surface area contributed by atoms with Gasteiger partial charge >= 0.3 is 0 Å². The fraction of sp³-hybridized carbons (Fsp3) is 0.421. The second kappa shape index (κ2) is 6.99. The highest BCUT2D eigenvalue weighted by atomic mass is 16.1. The molecule has 126 valence electrons. The average molecular weight is 324 g/mol. The molecule has 0 saturated carbocycles. The van der Waals surface area contributed by atoms with E-state index in [1.807, 2.05) is 32.0 Å². The van der Waals surface area contributed by atoms with Gasteiger partial charge in [-0.05, 0) is 55.9 Å². The number of hydrogen-bond acceptors (Lipinski definition) is 4. The molecule has 2 heterocycles. The van der Waals surface area contributed by atoms with Gasteiger partial charge in [0.1, 0.15) is 0 Å². The first-order valence-electron chi connectivity index (χ1n) is 8.48. The van der Waals surface area contributed by atoms with E-state index in [4.69, 9.17) is 0 Å². The molecule has 0 spiro atoms. The molecule has 1 saturated heterocycles. The first kappa shape index (κ1) is 16.4. The molecule has 1 fully saturated rings. The highest BCUT2D eigenvalue weighted by Crippen LogP contribution is 2.20. The molecule has 1 aliphatic rings. The Balaban J connectivity index is 1.65. The Hall–Kier alpha value is -2.43. The normalized spacial score (nSPS) is 15.4. The van der Waals surface area contributed by atoms with Crippen LogP contribution in [0.5, 0.6) is 0 Å². The van der Waals surface area contributed by atoms with Gasteiger partial charge in [0.25, 0.3) is 5.91 Å². The zero-order valence-electron chi connectivity index (χ0n) is 14.5. The number of rotatable bonds is 3. The number of hydrogen-bond donors (Lipinski definition) is 1. The molecule has 0 unspecified atom stereocenters. The van der Waals surface area contributed by atoms with Crippen LogP contribution in [0.15, 0.2) is 30.6 Å². The number of carbonyl (C=O) groups excluding carboxylic acids is 1. The number of carbonyl (C=O) groups is 1. The van der Waals surface area contributed by atoms with E-state index in [-0.39, 0.29) is 5.91 Å². The number of piperidine rings is 1. The Labute approximate surface area is 143 Å². The summed E-state index contributed by atoms with van der Waals surface area (Å²) in [6.07, 6.45) is 5.71.